The number of rotatable bonds is 1. The third-order valence-corrected chi connectivity index (χ3v) is 2.69. The second-order valence-corrected chi connectivity index (χ2v) is 3.60. The molecule has 1 aliphatic heterocycles. The Kier molecular flexibility index (Phi) is 1.98. The molecule has 1 heterocycles. The highest BCUT2D eigenvalue weighted by atomic mass is 16.6. The molecule has 0 aromatic heterocycles. The van der Waals surface area contributed by atoms with E-state index in [4.69, 9.17) is 9.47 Å². The van der Waals surface area contributed by atoms with Crippen molar-refractivity contribution in [1.82, 2.24) is 0 Å². The minimum absolute atomic E-state index is 0.00292. The van der Waals surface area contributed by atoms with Crippen molar-refractivity contribution in [3.63, 3.8) is 0 Å². The summed E-state index contributed by atoms with van der Waals surface area (Å²) in [5.74, 6) is -0.671. The van der Waals surface area contributed by atoms with Crippen LogP contribution in [-0.2, 0) is 19.1 Å². The first kappa shape index (κ1) is 8.53. The van der Waals surface area contributed by atoms with Gasteiger partial charge in [0.05, 0.1) is 0 Å². The molecule has 0 amide bonds. The average molecular weight is 184 g/mol. The highest BCUT2D eigenvalue weighted by Crippen LogP contribution is 2.38. The van der Waals surface area contributed by atoms with Crippen molar-refractivity contribution in [3.8, 4) is 0 Å². The van der Waals surface area contributed by atoms with Crippen LogP contribution in [0, 0.1) is 5.92 Å². The van der Waals surface area contributed by atoms with E-state index in [-0.39, 0.29) is 18.0 Å². The van der Waals surface area contributed by atoms with Crippen LogP contribution in [0.5, 0.6) is 0 Å². The summed E-state index contributed by atoms with van der Waals surface area (Å²) in [6.45, 7) is 1.32. The molecule has 0 bridgehead atoms. The van der Waals surface area contributed by atoms with Crippen LogP contribution in [0.25, 0.3) is 0 Å². The minimum Gasteiger partial charge on any atom is -0.459 e. The molecule has 0 aromatic carbocycles. The van der Waals surface area contributed by atoms with Crippen LogP contribution in [0.2, 0.25) is 0 Å². The molecule has 2 aliphatic rings. The van der Waals surface area contributed by atoms with Gasteiger partial charge >= 0.3 is 11.9 Å². The Labute approximate surface area is 76.2 Å². The smallest absolute Gasteiger partial charge is 0.348 e. The Balaban J connectivity index is 2.08. The summed E-state index contributed by atoms with van der Waals surface area (Å²) < 4.78 is 10.0. The van der Waals surface area contributed by atoms with Crippen LogP contribution in [0.1, 0.15) is 26.2 Å². The summed E-state index contributed by atoms with van der Waals surface area (Å²) in [5.41, 5.74) is 0. The number of hydrogen-bond donors (Lipinski definition) is 0. The molecule has 1 saturated heterocycles. The van der Waals surface area contributed by atoms with Gasteiger partial charge in [0.15, 0.2) is 0 Å². The lowest BCUT2D eigenvalue weighted by molar-refractivity contribution is -0.160. The van der Waals surface area contributed by atoms with Crippen LogP contribution in [-0.4, -0.2) is 24.1 Å². The van der Waals surface area contributed by atoms with Gasteiger partial charge in [-0.05, 0) is 19.3 Å². The van der Waals surface area contributed by atoms with E-state index in [9.17, 15) is 9.59 Å². The van der Waals surface area contributed by atoms with Gasteiger partial charge in [-0.25, -0.2) is 4.79 Å². The third-order valence-electron chi connectivity index (χ3n) is 2.69. The minimum atomic E-state index is -0.634. The highest BCUT2D eigenvalue weighted by molar-refractivity contribution is 5.81. The maximum Gasteiger partial charge on any atom is 0.348 e. The number of esters is 2. The molecule has 13 heavy (non-hydrogen) atoms. The molecule has 2 rings (SSSR count). The van der Waals surface area contributed by atoms with Crippen LogP contribution >= 0.6 is 0 Å². The Morgan fingerprint density at radius 2 is 2.31 bits per heavy atom. The lowest BCUT2D eigenvalue weighted by Gasteiger charge is -2.12. The SMILES string of the molecule is CC(=O)OC1C(=O)OC2CCCC21. The zero-order valence-electron chi connectivity index (χ0n) is 7.49. The predicted octanol–water partition coefficient (Wildman–Crippen LogP) is 0.644. The van der Waals surface area contributed by atoms with Gasteiger partial charge in [0.1, 0.15) is 6.10 Å². The first-order valence-electron chi connectivity index (χ1n) is 4.56. The molecule has 72 valence electrons. The van der Waals surface area contributed by atoms with Gasteiger partial charge in [0.25, 0.3) is 0 Å². The molecule has 3 atom stereocenters. The predicted molar refractivity (Wildman–Crippen MR) is 42.8 cm³/mol. The molecule has 1 aliphatic carbocycles. The normalized spacial score (nSPS) is 37.0. The summed E-state index contributed by atoms with van der Waals surface area (Å²) in [5, 5.41) is 0. The van der Waals surface area contributed by atoms with Crippen molar-refractivity contribution in [2.24, 2.45) is 5.92 Å². The second kappa shape index (κ2) is 3.01. The Bertz CT molecular complexity index is 248. The molecular weight excluding hydrogens is 172 g/mol. The molecule has 1 saturated carbocycles. The first-order chi connectivity index (χ1) is 6.18. The summed E-state index contributed by atoms with van der Waals surface area (Å²) in [4.78, 5) is 21.9. The van der Waals surface area contributed by atoms with Gasteiger partial charge in [-0.3, -0.25) is 4.79 Å². The fourth-order valence-electron chi connectivity index (χ4n) is 2.15. The molecule has 0 spiro atoms. The van der Waals surface area contributed by atoms with Crippen molar-refractivity contribution in [3.05, 3.63) is 0 Å². The van der Waals surface area contributed by atoms with Crippen LogP contribution in [0.4, 0.5) is 0 Å². The van der Waals surface area contributed by atoms with Gasteiger partial charge in [0, 0.05) is 12.8 Å². The number of carbonyl (C=O) groups excluding carboxylic acids is 2. The van der Waals surface area contributed by atoms with E-state index < -0.39 is 12.1 Å². The van der Waals surface area contributed by atoms with Crippen molar-refractivity contribution in [2.75, 3.05) is 0 Å². The zero-order chi connectivity index (χ0) is 9.42. The second-order valence-electron chi connectivity index (χ2n) is 3.60. The highest BCUT2D eigenvalue weighted by Gasteiger charge is 2.48. The van der Waals surface area contributed by atoms with Gasteiger partial charge < -0.3 is 9.47 Å². The quantitative estimate of drug-likeness (QED) is 0.561. The zero-order valence-corrected chi connectivity index (χ0v) is 7.49. The van der Waals surface area contributed by atoms with Crippen molar-refractivity contribution < 1.29 is 19.1 Å². The molecule has 0 radical (unpaired) electrons. The Morgan fingerprint density at radius 1 is 1.54 bits per heavy atom. The molecule has 4 nitrogen and oxygen atoms in total. The van der Waals surface area contributed by atoms with Gasteiger partial charge in [-0.15, -0.1) is 0 Å². The van der Waals surface area contributed by atoms with E-state index in [1.807, 2.05) is 0 Å². The average Bonchev–Trinajstić information content (AvgIpc) is 2.55. The van der Waals surface area contributed by atoms with Crippen LogP contribution in [0.15, 0.2) is 0 Å². The molecule has 4 heteroatoms. The van der Waals surface area contributed by atoms with E-state index in [2.05, 4.69) is 0 Å². The summed E-state index contributed by atoms with van der Waals surface area (Å²) >= 11 is 0. The van der Waals surface area contributed by atoms with Crippen molar-refractivity contribution in [1.29, 1.82) is 0 Å². The first-order valence-corrected chi connectivity index (χ1v) is 4.56. The van der Waals surface area contributed by atoms with Crippen molar-refractivity contribution >= 4 is 11.9 Å². The van der Waals surface area contributed by atoms with E-state index in [0.29, 0.717) is 0 Å². The van der Waals surface area contributed by atoms with Crippen LogP contribution in [0.3, 0.4) is 0 Å². The Morgan fingerprint density at radius 3 is 3.00 bits per heavy atom. The molecule has 0 aromatic rings. The molecule has 0 N–H and O–H groups in total. The number of carbonyl (C=O) groups is 2. The van der Waals surface area contributed by atoms with Crippen molar-refractivity contribution in [2.45, 2.75) is 38.4 Å². The fourth-order valence-corrected chi connectivity index (χ4v) is 2.15. The Hall–Kier alpha value is -1.06. The summed E-state index contributed by atoms with van der Waals surface area (Å²) in [6, 6.07) is 0. The molecular formula is C9H12O4. The van der Waals surface area contributed by atoms with Gasteiger partial charge in [-0.2, -0.15) is 0 Å². The monoisotopic (exact) mass is 184 g/mol. The van der Waals surface area contributed by atoms with E-state index in [1.165, 1.54) is 6.92 Å². The lowest BCUT2D eigenvalue weighted by atomic mass is 10.0. The lowest BCUT2D eigenvalue weighted by Crippen LogP contribution is -2.27. The van der Waals surface area contributed by atoms with E-state index in [0.717, 1.165) is 19.3 Å². The standard InChI is InChI=1S/C9H12O4/c1-5(10)12-8-6-3-2-4-7(6)13-9(8)11/h6-8H,2-4H2,1H3. The summed E-state index contributed by atoms with van der Waals surface area (Å²) in [6.07, 6.45) is 2.25. The number of fused-ring (bicyclic) bond motifs is 1. The topological polar surface area (TPSA) is 52.6 Å². The largest absolute Gasteiger partial charge is 0.459 e. The van der Waals surface area contributed by atoms with Crippen LogP contribution < -0.4 is 0 Å². The maximum absolute atomic E-state index is 11.2. The number of hydrogen-bond acceptors (Lipinski definition) is 4. The van der Waals surface area contributed by atoms with Gasteiger partial charge in [0.2, 0.25) is 6.10 Å². The van der Waals surface area contributed by atoms with E-state index >= 15 is 0 Å². The molecule has 3 unspecified atom stereocenters. The maximum atomic E-state index is 11.2. The summed E-state index contributed by atoms with van der Waals surface area (Å²) in [7, 11) is 0. The number of ether oxygens (including phenoxy) is 2. The fraction of sp³-hybridized carbons (Fsp3) is 0.778. The van der Waals surface area contributed by atoms with E-state index in [1.54, 1.807) is 0 Å². The molecule has 2 fully saturated rings. The van der Waals surface area contributed by atoms with Gasteiger partial charge in [-0.1, -0.05) is 0 Å². The third kappa shape index (κ3) is 1.41.